The lowest BCUT2D eigenvalue weighted by Crippen LogP contribution is -2.71. The van der Waals surface area contributed by atoms with E-state index in [2.05, 4.69) is 16.0 Å². The highest BCUT2D eigenvalue weighted by Gasteiger charge is 2.64. The van der Waals surface area contributed by atoms with Gasteiger partial charge < -0.3 is 31.1 Å². The first-order valence-corrected chi connectivity index (χ1v) is 12.4. The molecule has 0 spiro atoms. The van der Waals surface area contributed by atoms with Gasteiger partial charge >= 0.3 is 23.9 Å². The number of β-lactam (4-membered cyclic amide) rings is 1. The lowest BCUT2D eigenvalue weighted by atomic mass is 9.95. The third kappa shape index (κ3) is 5.69. The number of likely N-dealkylation sites (N-methyl/N-ethyl adjacent to an activating group) is 1. The summed E-state index contributed by atoms with van der Waals surface area (Å²) >= 11 is 1.25. The molecule has 200 valence electrons. The number of carbonyl (C=O) groups excluding carboxylic acids is 4. The summed E-state index contributed by atoms with van der Waals surface area (Å²) in [6.07, 6.45) is 0. The van der Waals surface area contributed by atoms with Gasteiger partial charge in [-0.05, 0) is 26.0 Å². The first kappa shape index (κ1) is 27.9. The number of carbonyl (C=O) groups is 6. The molecule has 1 aromatic rings. The number of hydrogen-bond acceptors (Lipinski definition) is 8. The van der Waals surface area contributed by atoms with Crippen LogP contribution >= 0.6 is 11.8 Å². The summed E-state index contributed by atoms with van der Waals surface area (Å²) < 4.78 is -0.789. The molecule has 2 aliphatic heterocycles. The maximum absolute atomic E-state index is 13.3. The van der Waals surface area contributed by atoms with Gasteiger partial charge in [-0.25, -0.2) is 14.4 Å². The second-order valence-electron chi connectivity index (χ2n) is 8.99. The van der Waals surface area contributed by atoms with E-state index in [1.165, 1.54) is 16.7 Å². The second-order valence-corrected chi connectivity index (χ2v) is 10.8. The number of nitrogens with zero attached hydrogens (tertiary/aromatic N) is 2. The van der Waals surface area contributed by atoms with Crippen LogP contribution in [0.4, 0.5) is 4.79 Å². The molecule has 0 aliphatic carbocycles. The number of rotatable bonds is 9. The second kappa shape index (κ2) is 11.2. The maximum atomic E-state index is 13.3. The quantitative estimate of drug-likeness (QED) is 0.158. The van der Waals surface area contributed by atoms with Crippen LogP contribution in [0.25, 0.3) is 0 Å². The van der Waals surface area contributed by atoms with Crippen molar-refractivity contribution in [2.24, 2.45) is 0 Å². The molecule has 5 amide bonds. The van der Waals surface area contributed by atoms with E-state index in [1.54, 1.807) is 51.1 Å². The Balaban J connectivity index is 1.80. The number of urea groups is 1. The predicted molar refractivity (Wildman–Crippen MR) is 131 cm³/mol. The number of carboxylic acids is 2. The minimum absolute atomic E-state index is 0.136. The number of hydrogen-bond donors (Lipinski definition) is 5. The molecule has 2 aliphatic rings. The molecule has 2 fully saturated rings. The highest BCUT2D eigenvalue weighted by molar-refractivity contribution is 8.01. The van der Waals surface area contributed by atoms with Gasteiger partial charge in [-0.2, -0.15) is 0 Å². The number of benzene rings is 1. The summed E-state index contributed by atoms with van der Waals surface area (Å²) in [6, 6.07) is 3.49. The van der Waals surface area contributed by atoms with E-state index in [1.807, 2.05) is 0 Å². The molecule has 2 saturated heterocycles. The van der Waals surface area contributed by atoms with Crippen LogP contribution in [0.2, 0.25) is 0 Å². The Bertz CT molecular complexity index is 1100. The molecule has 5 N–H and O–H groups in total. The van der Waals surface area contributed by atoms with Gasteiger partial charge in [0, 0.05) is 17.8 Å². The van der Waals surface area contributed by atoms with E-state index in [-0.39, 0.29) is 13.1 Å². The van der Waals surface area contributed by atoms with Crippen LogP contribution in [-0.2, 0) is 24.0 Å². The van der Waals surface area contributed by atoms with Gasteiger partial charge in [0.15, 0.2) is 0 Å². The van der Waals surface area contributed by atoms with E-state index in [9.17, 15) is 33.9 Å². The Morgan fingerprint density at radius 2 is 1.78 bits per heavy atom. The molecule has 1 aromatic carbocycles. The summed E-state index contributed by atoms with van der Waals surface area (Å²) in [5.41, 5.74) is 0.328. The number of aliphatic carboxylic acids is 2. The standard InChI is InChI=1S/C23H29N5O8S/c1-4-24-10-11-27(18(31)21(34)35)22(36)26-13(12-8-6-5-7-9-12)16(29)25-14-17(30)28-15(20(32)33)23(2,3)37-19(14)28/h5-9,13-15,19,24H,4,10-11H2,1-3H3,(H,25,29)(H,26,36)(H,32,33)(H,34,35)/t13-,14-,15+,19-/m1/s1. The van der Waals surface area contributed by atoms with Crippen molar-refractivity contribution < 1.29 is 39.0 Å². The minimum atomic E-state index is -1.83. The molecular weight excluding hydrogens is 506 g/mol. The van der Waals surface area contributed by atoms with E-state index >= 15 is 0 Å². The molecule has 2 heterocycles. The largest absolute Gasteiger partial charge is 0.480 e. The average Bonchev–Trinajstić information content (AvgIpc) is 3.11. The van der Waals surface area contributed by atoms with Crippen molar-refractivity contribution in [2.75, 3.05) is 19.6 Å². The van der Waals surface area contributed by atoms with Gasteiger partial charge in [0.2, 0.25) is 11.8 Å². The SMILES string of the molecule is CCNCCN(C(=O)N[C@@H](C(=O)N[C@@H]1C(=O)N2[C@@H]1SC(C)(C)[C@@H]2C(=O)O)c1ccccc1)C(=O)C(=O)O. The molecule has 14 heteroatoms. The van der Waals surface area contributed by atoms with Crippen molar-refractivity contribution in [1.82, 2.24) is 25.8 Å². The number of amides is 5. The molecular formula is C23H29N5O8S. The molecule has 0 aromatic heterocycles. The van der Waals surface area contributed by atoms with E-state index in [0.29, 0.717) is 17.0 Å². The zero-order valence-corrected chi connectivity index (χ0v) is 21.3. The topological polar surface area (TPSA) is 185 Å². The van der Waals surface area contributed by atoms with Gasteiger partial charge in [0.1, 0.15) is 23.5 Å². The van der Waals surface area contributed by atoms with Crippen LogP contribution in [0, 0.1) is 0 Å². The van der Waals surface area contributed by atoms with Crippen LogP contribution in [0.3, 0.4) is 0 Å². The van der Waals surface area contributed by atoms with Crippen molar-refractivity contribution >= 4 is 47.5 Å². The fraction of sp³-hybridized carbons (Fsp3) is 0.478. The van der Waals surface area contributed by atoms with Gasteiger partial charge in [0.25, 0.3) is 0 Å². The Kier molecular flexibility index (Phi) is 8.43. The van der Waals surface area contributed by atoms with Gasteiger partial charge in [-0.15, -0.1) is 11.8 Å². The van der Waals surface area contributed by atoms with Gasteiger partial charge in [0.05, 0.1) is 0 Å². The highest BCUT2D eigenvalue weighted by atomic mass is 32.2. The molecule has 37 heavy (non-hydrogen) atoms. The molecule has 3 rings (SSSR count). The third-order valence-corrected chi connectivity index (χ3v) is 7.64. The smallest absolute Gasteiger partial charge is 0.395 e. The van der Waals surface area contributed by atoms with Crippen LogP contribution in [0.5, 0.6) is 0 Å². The predicted octanol–water partition coefficient (Wildman–Crippen LogP) is -0.408. The van der Waals surface area contributed by atoms with Crippen molar-refractivity contribution in [3.8, 4) is 0 Å². The lowest BCUT2D eigenvalue weighted by Gasteiger charge is -2.44. The van der Waals surface area contributed by atoms with E-state index < -0.39 is 63.9 Å². The number of nitrogens with one attached hydrogen (secondary N) is 3. The summed E-state index contributed by atoms with van der Waals surface area (Å²) in [5.74, 6) is -5.77. The first-order valence-electron chi connectivity index (χ1n) is 11.5. The Labute approximate surface area is 216 Å². The maximum Gasteiger partial charge on any atom is 0.395 e. The minimum Gasteiger partial charge on any atom is -0.480 e. The highest BCUT2D eigenvalue weighted by Crippen LogP contribution is 2.50. The fourth-order valence-electron chi connectivity index (χ4n) is 4.31. The molecule has 0 bridgehead atoms. The number of thioether (sulfide) groups is 1. The van der Waals surface area contributed by atoms with Crippen molar-refractivity contribution in [3.63, 3.8) is 0 Å². The zero-order valence-electron chi connectivity index (χ0n) is 20.5. The number of fused-ring (bicyclic) bond motifs is 1. The van der Waals surface area contributed by atoms with Crippen molar-refractivity contribution in [2.45, 2.75) is 49.0 Å². The normalized spacial score (nSPS) is 22.3. The lowest BCUT2D eigenvalue weighted by molar-refractivity contribution is -0.161. The third-order valence-electron chi connectivity index (χ3n) is 6.07. The van der Waals surface area contributed by atoms with Crippen molar-refractivity contribution in [3.05, 3.63) is 35.9 Å². The Morgan fingerprint density at radius 1 is 1.14 bits per heavy atom. The average molecular weight is 536 g/mol. The van der Waals surface area contributed by atoms with Crippen LogP contribution in [0.1, 0.15) is 32.4 Å². The van der Waals surface area contributed by atoms with E-state index in [0.717, 1.165) is 0 Å². The van der Waals surface area contributed by atoms with Gasteiger partial charge in [-0.1, -0.05) is 37.3 Å². The summed E-state index contributed by atoms with van der Waals surface area (Å²) in [7, 11) is 0. The number of imide groups is 1. The molecule has 0 saturated carbocycles. The first-order chi connectivity index (χ1) is 17.4. The molecule has 13 nitrogen and oxygen atoms in total. The summed E-state index contributed by atoms with van der Waals surface area (Å²) in [5, 5.41) is 26.0. The van der Waals surface area contributed by atoms with Crippen LogP contribution in [-0.4, -0.2) is 97.5 Å². The molecule has 4 atom stereocenters. The monoisotopic (exact) mass is 535 g/mol. The van der Waals surface area contributed by atoms with Gasteiger partial charge in [-0.3, -0.25) is 19.3 Å². The van der Waals surface area contributed by atoms with Crippen molar-refractivity contribution in [1.29, 1.82) is 0 Å². The Hall–Kier alpha value is -3.65. The molecule has 0 radical (unpaired) electrons. The van der Waals surface area contributed by atoms with Crippen LogP contribution in [0.15, 0.2) is 30.3 Å². The van der Waals surface area contributed by atoms with E-state index in [4.69, 9.17) is 5.11 Å². The number of carboxylic acid groups (broad SMARTS) is 2. The summed E-state index contributed by atoms with van der Waals surface area (Å²) in [4.78, 5) is 76.0. The summed E-state index contributed by atoms with van der Waals surface area (Å²) in [6.45, 7) is 5.61. The Morgan fingerprint density at radius 3 is 2.35 bits per heavy atom. The van der Waals surface area contributed by atoms with Crippen LogP contribution < -0.4 is 16.0 Å². The zero-order chi connectivity index (χ0) is 27.5. The fourth-order valence-corrected chi connectivity index (χ4v) is 5.93. The molecule has 0 unspecified atom stereocenters.